The van der Waals surface area contributed by atoms with Crippen LogP contribution in [0.1, 0.15) is 32.6 Å². The topological polar surface area (TPSA) is 64.8 Å². The highest BCUT2D eigenvalue weighted by molar-refractivity contribution is 5.83. The van der Waals surface area contributed by atoms with Gasteiger partial charge in [-0.3, -0.25) is 4.79 Å². The van der Waals surface area contributed by atoms with E-state index in [0.717, 1.165) is 45.4 Å². The Kier molecular flexibility index (Phi) is 5.19. The van der Waals surface area contributed by atoms with Crippen molar-refractivity contribution < 1.29 is 14.3 Å². The molecule has 1 amide bonds. The Labute approximate surface area is 115 Å². The van der Waals surface area contributed by atoms with Gasteiger partial charge in [-0.1, -0.05) is 0 Å². The molecule has 2 aliphatic heterocycles. The molecular weight excluding hydrogens is 244 g/mol. The van der Waals surface area contributed by atoms with Crippen LogP contribution >= 0.6 is 0 Å². The summed E-state index contributed by atoms with van der Waals surface area (Å²) >= 11 is 0. The second-order valence-corrected chi connectivity index (χ2v) is 5.54. The molecule has 0 aromatic rings. The van der Waals surface area contributed by atoms with Crippen molar-refractivity contribution in [2.75, 3.05) is 39.5 Å². The maximum absolute atomic E-state index is 12.7. The minimum Gasteiger partial charge on any atom is -0.381 e. The van der Waals surface area contributed by atoms with E-state index in [9.17, 15) is 4.79 Å². The molecule has 2 N–H and O–H groups in total. The number of amides is 1. The van der Waals surface area contributed by atoms with Gasteiger partial charge in [-0.2, -0.15) is 0 Å². The molecule has 2 heterocycles. The van der Waals surface area contributed by atoms with Crippen LogP contribution in [0.5, 0.6) is 0 Å². The average molecular weight is 270 g/mol. The molecule has 2 aliphatic rings. The Hall–Kier alpha value is -0.650. The van der Waals surface area contributed by atoms with Crippen LogP contribution in [0.25, 0.3) is 0 Å². The number of hydrogen-bond donors (Lipinski definition) is 1. The second-order valence-electron chi connectivity index (χ2n) is 5.54. The number of hydrogen-bond acceptors (Lipinski definition) is 4. The number of carbonyl (C=O) groups is 1. The summed E-state index contributed by atoms with van der Waals surface area (Å²) in [5.41, 5.74) is 5.51. The number of likely N-dealkylation sites (tertiary alicyclic amines) is 1. The van der Waals surface area contributed by atoms with Gasteiger partial charge in [0.05, 0.1) is 11.5 Å². The maximum Gasteiger partial charge on any atom is 0.230 e. The third-order valence-corrected chi connectivity index (χ3v) is 4.43. The largest absolute Gasteiger partial charge is 0.381 e. The molecule has 5 heteroatoms. The van der Waals surface area contributed by atoms with E-state index in [1.54, 1.807) is 0 Å². The summed E-state index contributed by atoms with van der Waals surface area (Å²) in [6, 6.07) is 0. The molecule has 0 aromatic heterocycles. The number of rotatable bonds is 4. The van der Waals surface area contributed by atoms with Crippen molar-refractivity contribution in [2.45, 2.75) is 38.7 Å². The van der Waals surface area contributed by atoms with Crippen molar-refractivity contribution in [1.29, 1.82) is 0 Å². The van der Waals surface area contributed by atoms with E-state index >= 15 is 0 Å². The Morgan fingerprint density at radius 2 is 2.00 bits per heavy atom. The lowest BCUT2D eigenvalue weighted by molar-refractivity contribution is -0.149. The van der Waals surface area contributed by atoms with Gasteiger partial charge in [0.2, 0.25) is 5.91 Å². The summed E-state index contributed by atoms with van der Waals surface area (Å²) in [4.78, 5) is 14.7. The second kappa shape index (κ2) is 6.68. The summed E-state index contributed by atoms with van der Waals surface area (Å²) in [5, 5.41) is 0. The zero-order valence-corrected chi connectivity index (χ0v) is 11.9. The molecule has 0 spiro atoms. The minimum absolute atomic E-state index is 0.230. The van der Waals surface area contributed by atoms with Crippen LogP contribution in [0.15, 0.2) is 0 Å². The molecule has 0 atom stereocenters. The summed E-state index contributed by atoms with van der Waals surface area (Å²) < 4.78 is 11.0. The van der Waals surface area contributed by atoms with Crippen LogP contribution in [-0.2, 0) is 14.3 Å². The van der Waals surface area contributed by atoms with Crippen LogP contribution in [0, 0.1) is 5.41 Å². The van der Waals surface area contributed by atoms with Crippen molar-refractivity contribution in [1.82, 2.24) is 4.90 Å². The first-order valence-corrected chi connectivity index (χ1v) is 7.40. The maximum atomic E-state index is 12.7. The van der Waals surface area contributed by atoms with Gasteiger partial charge in [-0.25, -0.2) is 0 Å². The van der Waals surface area contributed by atoms with Crippen LogP contribution in [0.2, 0.25) is 0 Å². The zero-order chi connectivity index (χ0) is 13.7. The fourth-order valence-electron chi connectivity index (χ4n) is 3.06. The number of ether oxygens (including phenoxy) is 2. The van der Waals surface area contributed by atoms with E-state index in [4.69, 9.17) is 15.2 Å². The average Bonchev–Trinajstić information content (AvgIpc) is 2.48. The highest BCUT2D eigenvalue weighted by atomic mass is 16.5. The van der Waals surface area contributed by atoms with E-state index in [-0.39, 0.29) is 11.3 Å². The molecule has 0 radical (unpaired) electrons. The molecule has 2 rings (SSSR count). The zero-order valence-electron chi connectivity index (χ0n) is 11.9. The Morgan fingerprint density at radius 1 is 1.37 bits per heavy atom. The van der Waals surface area contributed by atoms with Gasteiger partial charge >= 0.3 is 0 Å². The van der Waals surface area contributed by atoms with Gasteiger partial charge in [-0.05, 0) is 32.6 Å². The highest BCUT2D eigenvalue weighted by Crippen LogP contribution is 2.32. The number of nitrogens with two attached hydrogens (primary N) is 1. The fraction of sp³-hybridized carbons (Fsp3) is 0.929. The first kappa shape index (κ1) is 14.8. The third kappa shape index (κ3) is 3.27. The lowest BCUT2D eigenvalue weighted by Gasteiger charge is -2.41. The van der Waals surface area contributed by atoms with E-state index in [1.165, 1.54) is 0 Å². The Bertz CT molecular complexity index is 295. The lowest BCUT2D eigenvalue weighted by atomic mass is 9.78. The van der Waals surface area contributed by atoms with Crippen LogP contribution in [0.3, 0.4) is 0 Å². The molecule has 19 heavy (non-hydrogen) atoms. The van der Waals surface area contributed by atoms with Crippen molar-refractivity contribution in [3.8, 4) is 0 Å². The highest BCUT2D eigenvalue weighted by Gasteiger charge is 2.42. The van der Waals surface area contributed by atoms with Gasteiger partial charge < -0.3 is 20.1 Å². The van der Waals surface area contributed by atoms with Gasteiger partial charge in [-0.15, -0.1) is 0 Å². The van der Waals surface area contributed by atoms with E-state index in [1.807, 2.05) is 11.8 Å². The molecular formula is C14H26N2O3. The first-order chi connectivity index (χ1) is 9.22. The van der Waals surface area contributed by atoms with Crippen molar-refractivity contribution in [3.63, 3.8) is 0 Å². The van der Waals surface area contributed by atoms with Gasteiger partial charge in [0, 0.05) is 39.5 Å². The smallest absolute Gasteiger partial charge is 0.230 e. The molecule has 0 unspecified atom stereocenters. The first-order valence-electron chi connectivity index (χ1n) is 7.40. The molecule has 0 aliphatic carbocycles. The normalized spacial score (nSPS) is 24.4. The fourth-order valence-corrected chi connectivity index (χ4v) is 3.06. The van der Waals surface area contributed by atoms with Crippen LogP contribution < -0.4 is 5.73 Å². The molecule has 110 valence electrons. The summed E-state index contributed by atoms with van der Waals surface area (Å²) in [7, 11) is 0. The van der Waals surface area contributed by atoms with E-state index in [2.05, 4.69) is 0 Å². The third-order valence-electron chi connectivity index (χ3n) is 4.43. The van der Waals surface area contributed by atoms with Gasteiger partial charge in [0.15, 0.2) is 0 Å². The predicted octanol–water partition coefficient (Wildman–Crippen LogP) is 0.769. The lowest BCUT2D eigenvalue weighted by Crippen LogP contribution is -2.53. The van der Waals surface area contributed by atoms with Crippen LogP contribution in [-0.4, -0.2) is 56.4 Å². The quantitative estimate of drug-likeness (QED) is 0.819. The molecule has 5 nitrogen and oxygen atoms in total. The Balaban J connectivity index is 1.92. The van der Waals surface area contributed by atoms with Crippen molar-refractivity contribution >= 4 is 5.91 Å². The summed E-state index contributed by atoms with van der Waals surface area (Å²) in [6.45, 7) is 6.10. The minimum atomic E-state index is -0.378. The van der Waals surface area contributed by atoms with Crippen molar-refractivity contribution in [2.24, 2.45) is 11.1 Å². The SMILES string of the molecule is CCOC1CCN(C(=O)C2(CN)CCOCC2)CC1. The van der Waals surface area contributed by atoms with Crippen molar-refractivity contribution in [3.05, 3.63) is 0 Å². The standard InChI is InChI=1S/C14H26N2O3/c1-2-19-12-3-7-16(8-4-12)13(17)14(11-15)5-9-18-10-6-14/h12H,2-11,15H2,1H3. The molecule has 0 aromatic carbocycles. The number of carbonyl (C=O) groups excluding carboxylic acids is 1. The summed E-state index contributed by atoms with van der Waals surface area (Å²) in [6.07, 6.45) is 3.71. The molecule has 0 saturated carbocycles. The van der Waals surface area contributed by atoms with Crippen LogP contribution in [0.4, 0.5) is 0 Å². The van der Waals surface area contributed by atoms with E-state index < -0.39 is 0 Å². The monoisotopic (exact) mass is 270 g/mol. The van der Waals surface area contributed by atoms with E-state index in [0.29, 0.717) is 25.9 Å². The number of piperidine rings is 1. The number of nitrogens with zero attached hydrogens (tertiary/aromatic N) is 1. The Morgan fingerprint density at radius 3 is 2.53 bits per heavy atom. The predicted molar refractivity (Wildman–Crippen MR) is 72.8 cm³/mol. The molecule has 0 bridgehead atoms. The molecule has 2 fully saturated rings. The van der Waals surface area contributed by atoms with Gasteiger partial charge in [0.1, 0.15) is 0 Å². The molecule has 2 saturated heterocycles. The van der Waals surface area contributed by atoms with Gasteiger partial charge in [0.25, 0.3) is 0 Å². The summed E-state index contributed by atoms with van der Waals surface area (Å²) in [5.74, 6) is 0.230.